The molecule has 1 aromatic heterocycles. The first-order valence-electron chi connectivity index (χ1n) is 9.07. The largest absolute Gasteiger partial charge is 0.478 e. The number of carboxylic acid groups (broad SMARTS) is 1. The topological polar surface area (TPSA) is 138 Å². The number of aromatic nitrogens is 1. The number of aromatic carboxylic acids is 1. The lowest BCUT2D eigenvalue weighted by Gasteiger charge is -2.25. The zero-order valence-electron chi connectivity index (χ0n) is 16.7. The van der Waals surface area contributed by atoms with Crippen LogP contribution in [0.25, 0.3) is 0 Å². The summed E-state index contributed by atoms with van der Waals surface area (Å²) in [6, 6.07) is 2.46. The van der Waals surface area contributed by atoms with Gasteiger partial charge >= 0.3 is 5.97 Å². The molecule has 162 valence electrons. The highest BCUT2D eigenvalue weighted by Crippen LogP contribution is 2.27. The predicted molar refractivity (Wildman–Crippen MR) is 111 cm³/mol. The van der Waals surface area contributed by atoms with E-state index in [1.807, 2.05) is 9.73 Å². The van der Waals surface area contributed by atoms with Crippen LogP contribution in [0.2, 0.25) is 0 Å². The molecule has 10 nitrogen and oxygen atoms in total. The Kier molecular flexibility index (Phi) is 6.41. The average Bonchev–Trinajstić information content (AvgIpc) is 3.10. The Hall–Kier alpha value is -2.54. The number of thiazole rings is 1. The van der Waals surface area contributed by atoms with E-state index in [2.05, 4.69) is 10.4 Å². The number of hydrogen-bond donors (Lipinski definition) is 3. The average molecular weight is 455 g/mol. The van der Waals surface area contributed by atoms with Crippen LogP contribution in [0.1, 0.15) is 36.9 Å². The van der Waals surface area contributed by atoms with Gasteiger partial charge in [-0.3, -0.25) is 10.2 Å². The van der Waals surface area contributed by atoms with Crippen molar-refractivity contribution in [3.63, 3.8) is 0 Å². The van der Waals surface area contributed by atoms with Crippen LogP contribution in [-0.2, 0) is 14.8 Å². The van der Waals surface area contributed by atoms with Crippen molar-refractivity contribution in [1.29, 1.82) is 0 Å². The summed E-state index contributed by atoms with van der Waals surface area (Å²) in [4.78, 5) is 32.3. The summed E-state index contributed by atoms with van der Waals surface area (Å²) >= 11 is 1.17. The summed E-state index contributed by atoms with van der Waals surface area (Å²) in [6.07, 6.45) is 0. The van der Waals surface area contributed by atoms with Crippen molar-refractivity contribution in [2.45, 2.75) is 25.7 Å². The molecular formula is C18H22N4O6S2. The van der Waals surface area contributed by atoms with Gasteiger partial charge < -0.3 is 14.7 Å². The number of hydrazine groups is 1. The molecule has 1 fully saturated rings. The van der Waals surface area contributed by atoms with Crippen molar-refractivity contribution in [2.75, 3.05) is 31.2 Å². The number of rotatable bonds is 6. The van der Waals surface area contributed by atoms with Gasteiger partial charge in [-0.1, -0.05) is 11.3 Å². The van der Waals surface area contributed by atoms with Gasteiger partial charge in [-0.25, -0.2) is 18.2 Å². The van der Waals surface area contributed by atoms with Crippen LogP contribution in [0.3, 0.4) is 0 Å². The van der Waals surface area contributed by atoms with E-state index in [1.165, 1.54) is 17.4 Å². The molecule has 2 aromatic rings. The lowest BCUT2D eigenvalue weighted by Crippen LogP contribution is -2.41. The van der Waals surface area contributed by atoms with Crippen molar-refractivity contribution in [3.8, 4) is 0 Å². The van der Waals surface area contributed by atoms with E-state index in [0.29, 0.717) is 48.3 Å². The zero-order chi connectivity index (χ0) is 22.1. The number of morpholine rings is 1. The molecule has 1 amide bonds. The molecule has 0 radical (unpaired) electrons. The molecule has 0 bridgehead atoms. The summed E-state index contributed by atoms with van der Waals surface area (Å²) in [5.41, 5.74) is 3.43. The summed E-state index contributed by atoms with van der Waals surface area (Å²) in [7, 11) is -4.19. The molecule has 0 atom stereocenters. The van der Waals surface area contributed by atoms with Crippen LogP contribution in [0.15, 0.2) is 17.0 Å². The summed E-state index contributed by atoms with van der Waals surface area (Å²) in [5.74, 6) is -1.88. The van der Waals surface area contributed by atoms with Crippen LogP contribution in [-0.4, -0.2) is 56.7 Å². The number of carbonyl (C=O) groups excluding carboxylic acids is 1. The first-order chi connectivity index (χ1) is 14.1. The molecule has 0 saturated carbocycles. The number of ether oxygens (including phenoxy) is 1. The molecule has 3 N–H and O–H groups in total. The van der Waals surface area contributed by atoms with Gasteiger partial charge in [-0.2, -0.15) is 0 Å². The number of benzene rings is 1. The number of nitrogens with zero attached hydrogens (tertiary/aromatic N) is 2. The maximum Gasteiger partial charge on any atom is 0.335 e. The number of hydrogen-bond acceptors (Lipinski definition) is 8. The number of carboxylic acids is 1. The third-order valence-corrected chi connectivity index (χ3v) is 7.32. The minimum Gasteiger partial charge on any atom is -0.478 e. The summed E-state index contributed by atoms with van der Waals surface area (Å²) in [6.45, 7) is 7.35. The second-order valence-corrected chi connectivity index (χ2v) is 9.42. The van der Waals surface area contributed by atoms with Crippen LogP contribution in [0, 0.1) is 20.8 Å². The fraction of sp³-hybridized carbons (Fsp3) is 0.389. The highest BCUT2D eigenvalue weighted by atomic mass is 32.2. The third-order valence-electron chi connectivity index (χ3n) is 4.73. The minimum absolute atomic E-state index is 0.154. The van der Waals surface area contributed by atoms with Gasteiger partial charge in [0.15, 0.2) is 5.13 Å². The number of aryl methyl sites for hydroxylation is 2. The summed E-state index contributed by atoms with van der Waals surface area (Å²) < 4.78 is 30.7. The van der Waals surface area contributed by atoms with Crippen LogP contribution in [0.4, 0.5) is 5.13 Å². The van der Waals surface area contributed by atoms with Gasteiger partial charge in [0.2, 0.25) is 0 Å². The SMILES string of the molecule is Cc1cc(C(=O)O)cc(S(=O)(=O)NNC(=O)c2sc(N3CCOCC3)nc2C)c1C. The maximum absolute atomic E-state index is 12.7. The number of sulfonamides is 1. The zero-order valence-corrected chi connectivity index (χ0v) is 18.3. The molecule has 3 rings (SSSR count). The Morgan fingerprint density at radius 3 is 2.50 bits per heavy atom. The monoisotopic (exact) mass is 454 g/mol. The van der Waals surface area contributed by atoms with E-state index in [1.54, 1.807) is 20.8 Å². The van der Waals surface area contributed by atoms with Crippen LogP contribution >= 0.6 is 11.3 Å². The Labute approximate surface area is 177 Å². The molecule has 2 heterocycles. The molecule has 0 spiro atoms. The number of nitrogens with one attached hydrogen (secondary N) is 2. The number of amides is 1. The van der Waals surface area contributed by atoms with Crippen molar-refractivity contribution < 1.29 is 27.9 Å². The van der Waals surface area contributed by atoms with Crippen LogP contribution in [0.5, 0.6) is 0 Å². The van der Waals surface area contributed by atoms with Crippen molar-refractivity contribution >= 4 is 38.4 Å². The normalized spacial score (nSPS) is 14.6. The molecule has 0 aliphatic carbocycles. The third kappa shape index (κ3) is 4.61. The molecule has 12 heteroatoms. The van der Waals surface area contributed by atoms with Crippen LogP contribution < -0.4 is 15.2 Å². The maximum atomic E-state index is 12.7. The highest BCUT2D eigenvalue weighted by molar-refractivity contribution is 7.89. The van der Waals surface area contributed by atoms with Gasteiger partial charge in [-0.05, 0) is 44.0 Å². The van der Waals surface area contributed by atoms with Gasteiger partial charge in [-0.15, -0.1) is 4.83 Å². The van der Waals surface area contributed by atoms with Crippen molar-refractivity contribution in [3.05, 3.63) is 39.4 Å². The quantitative estimate of drug-likeness (QED) is 0.554. The van der Waals surface area contributed by atoms with Gasteiger partial charge in [0.05, 0.1) is 29.4 Å². The highest BCUT2D eigenvalue weighted by Gasteiger charge is 2.24. The molecule has 1 saturated heterocycles. The van der Waals surface area contributed by atoms with Gasteiger partial charge in [0.25, 0.3) is 15.9 Å². The van der Waals surface area contributed by atoms with E-state index >= 15 is 0 Å². The van der Waals surface area contributed by atoms with Gasteiger partial charge in [0.1, 0.15) is 4.88 Å². The molecule has 30 heavy (non-hydrogen) atoms. The smallest absolute Gasteiger partial charge is 0.335 e. The van der Waals surface area contributed by atoms with E-state index < -0.39 is 21.9 Å². The number of anilines is 1. The predicted octanol–water partition coefficient (Wildman–Crippen LogP) is 1.23. The Balaban J connectivity index is 1.77. The molecule has 1 aliphatic rings. The first kappa shape index (κ1) is 22.2. The fourth-order valence-corrected chi connectivity index (χ4v) is 5.13. The Morgan fingerprint density at radius 1 is 1.20 bits per heavy atom. The lowest BCUT2D eigenvalue weighted by atomic mass is 10.1. The number of carbonyl (C=O) groups is 2. The standard InChI is InChI=1S/C18H22N4O6S2/c1-10-8-13(17(24)25)9-14(11(10)2)30(26,27)21-20-16(23)15-12(3)19-18(29-15)22-4-6-28-7-5-22/h8-9,21H,4-7H2,1-3H3,(H,20,23)(H,24,25). The molecule has 0 unspecified atom stereocenters. The second-order valence-electron chi connectivity index (χ2n) is 6.79. The van der Waals surface area contributed by atoms with E-state index in [-0.39, 0.29) is 15.3 Å². The van der Waals surface area contributed by atoms with E-state index in [4.69, 9.17) is 4.74 Å². The first-order valence-corrected chi connectivity index (χ1v) is 11.4. The molecule has 1 aliphatic heterocycles. The second kappa shape index (κ2) is 8.68. The van der Waals surface area contributed by atoms with E-state index in [9.17, 15) is 23.1 Å². The fourth-order valence-electron chi connectivity index (χ4n) is 2.94. The van der Waals surface area contributed by atoms with Crippen molar-refractivity contribution in [1.82, 2.24) is 15.2 Å². The van der Waals surface area contributed by atoms with Crippen molar-refractivity contribution in [2.24, 2.45) is 0 Å². The molecule has 1 aromatic carbocycles. The Bertz CT molecular complexity index is 1090. The minimum atomic E-state index is -4.19. The van der Waals surface area contributed by atoms with E-state index in [0.717, 1.165) is 6.07 Å². The molecular weight excluding hydrogens is 432 g/mol. The lowest BCUT2D eigenvalue weighted by molar-refractivity contribution is 0.0696. The summed E-state index contributed by atoms with van der Waals surface area (Å²) in [5, 5.41) is 9.87. The Morgan fingerprint density at radius 2 is 1.87 bits per heavy atom. The van der Waals surface area contributed by atoms with Gasteiger partial charge in [0, 0.05) is 13.1 Å².